The standard InChI is InChI=1S/C15H21FN2S/c1-3-10-4-7-14(9(10)2)18-11-5-6-12(15(17)19)13(16)8-11/h5-6,8-10,14,18H,3-4,7H2,1-2H3,(H2,17,19). The number of thiocarbonyl (C=S) groups is 1. The van der Waals surface area contributed by atoms with Crippen molar-refractivity contribution in [1.82, 2.24) is 0 Å². The van der Waals surface area contributed by atoms with E-state index in [1.807, 2.05) is 6.07 Å². The number of anilines is 1. The highest BCUT2D eigenvalue weighted by Crippen LogP contribution is 2.35. The molecule has 0 spiro atoms. The number of hydrogen-bond acceptors (Lipinski definition) is 2. The fourth-order valence-corrected chi connectivity index (χ4v) is 3.21. The Hall–Kier alpha value is -1.16. The summed E-state index contributed by atoms with van der Waals surface area (Å²) >= 11 is 4.80. The summed E-state index contributed by atoms with van der Waals surface area (Å²) in [6.07, 6.45) is 3.62. The maximum Gasteiger partial charge on any atom is 0.135 e. The first kappa shape index (κ1) is 14.3. The zero-order valence-corrected chi connectivity index (χ0v) is 12.3. The summed E-state index contributed by atoms with van der Waals surface area (Å²) in [5, 5.41) is 3.44. The Bertz CT molecular complexity index is 475. The minimum absolute atomic E-state index is 0.101. The van der Waals surface area contributed by atoms with E-state index in [2.05, 4.69) is 19.2 Å². The van der Waals surface area contributed by atoms with Crippen LogP contribution in [0.1, 0.15) is 38.7 Å². The van der Waals surface area contributed by atoms with E-state index in [0.29, 0.717) is 17.5 Å². The van der Waals surface area contributed by atoms with Crippen molar-refractivity contribution in [2.45, 2.75) is 39.2 Å². The van der Waals surface area contributed by atoms with E-state index in [4.69, 9.17) is 18.0 Å². The second-order valence-corrected chi connectivity index (χ2v) is 5.85. The van der Waals surface area contributed by atoms with Crippen molar-refractivity contribution in [1.29, 1.82) is 0 Å². The van der Waals surface area contributed by atoms with Gasteiger partial charge in [0.05, 0.1) is 0 Å². The Morgan fingerprint density at radius 3 is 2.74 bits per heavy atom. The van der Waals surface area contributed by atoms with Crippen molar-refractivity contribution in [3.63, 3.8) is 0 Å². The summed E-state index contributed by atoms with van der Waals surface area (Å²) in [7, 11) is 0. The normalized spacial score (nSPS) is 26.4. The number of nitrogens with one attached hydrogen (secondary N) is 1. The Kier molecular flexibility index (Phi) is 4.40. The molecule has 0 aliphatic heterocycles. The molecule has 3 atom stereocenters. The Morgan fingerprint density at radius 2 is 2.21 bits per heavy atom. The molecule has 104 valence electrons. The number of hydrogen-bond donors (Lipinski definition) is 2. The fourth-order valence-electron chi connectivity index (χ4n) is 3.05. The van der Waals surface area contributed by atoms with Gasteiger partial charge in [0.25, 0.3) is 0 Å². The van der Waals surface area contributed by atoms with Crippen LogP contribution in [0.3, 0.4) is 0 Å². The molecule has 2 nitrogen and oxygen atoms in total. The monoisotopic (exact) mass is 280 g/mol. The molecule has 0 aromatic heterocycles. The van der Waals surface area contributed by atoms with Crippen molar-refractivity contribution in [2.24, 2.45) is 17.6 Å². The van der Waals surface area contributed by atoms with Crippen molar-refractivity contribution >= 4 is 22.9 Å². The van der Waals surface area contributed by atoms with Gasteiger partial charge in [-0.1, -0.05) is 32.5 Å². The van der Waals surface area contributed by atoms with E-state index in [1.165, 1.54) is 18.9 Å². The third kappa shape index (κ3) is 3.06. The Labute approximate surface area is 119 Å². The van der Waals surface area contributed by atoms with Gasteiger partial charge in [0.2, 0.25) is 0 Å². The van der Waals surface area contributed by atoms with Gasteiger partial charge in [-0.2, -0.15) is 0 Å². The lowest BCUT2D eigenvalue weighted by atomic mass is 9.93. The summed E-state index contributed by atoms with van der Waals surface area (Å²) in [6.45, 7) is 4.51. The van der Waals surface area contributed by atoms with Gasteiger partial charge in [-0.05, 0) is 42.9 Å². The molecule has 1 saturated carbocycles. The molecule has 1 fully saturated rings. The Morgan fingerprint density at radius 1 is 1.47 bits per heavy atom. The maximum absolute atomic E-state index is 13.8. The predicted octanol–water partition coefficient (Wildman–Crippen LogP) is 3.70. The number of benzene rings is 1. The fraction of sp³-hybridized carbons (Fsp3) is 0.533. The SMILES string of the molecule is CCC1CCC(Nc2ccc(C(N)=S)c(F)c2)C1C. The van der Waals surface area contributed by atoms with E-state index >= 15 is 0 Å². The highest BCUT2D eigenvalue weighted by atomic mass is 32.1. The van der Waals surface area contributed by atoms with E-state index < -0.39 is 0 Å². The van der Waals surface area contributed by atoms with E-state index in [1.54, 1.807) is 6.07 Å². The average molecular weight is 280 g/mol. The average Bonchev–Trinajstić information content (AvgIpc) is 2.70. The molecule has 0 amide bonds. The first-order valence-electron chi connectivity index (χ1n) is 6.88. The molecule has 0 saturated heterocycles. The van der Waals surface area contributed by atoms with Crippen LogP contribution in [0, 0.1) is 17.7 Å². The highest BCUT2D eigenvalue weighted by Gasteiger charge is 2.31. The van der Waals surface area contributed by atoms with Gasteiger partial charge >= 0.3 is 0 Å². The molecule has 3 N–H and O–H groups in total. The molecule has 4 heteroatoms. The zero-order chi connectivity index (χ0) is 14.0. The van der Waals surface area contributed by atoms with Crippen LogP contribution >= 0.6 is 12.2 Å². The summed E-state index contributed by atoms with van der Waals surface area (Å²) in [4.78, 5) is 0.101. The number of rotatable bonds is 4. The van der Waals surface area contributed by atoms with Crippen molar-refractivity contribution < 1.29 is 4.39 Å². The van der Waals surface area contributed by atoms with Crippen molar-refractivity contribution in [3.05, 3.63) is 29.6 Å². The quantitative estimate of drug-likeness (QED) is 0.826. The third-order valence-electron chi connectivity index (χ3n) is 4.34. The van der Waals surface area contributed by atoms with E-state index in [0.717, 1.165) is 18.0 Å². The van der Waals surface area contributed by atoms with Gasteiger partial charge in [-0.25, -0.2) is 4.39 Å². The first-order chi connectivity index (χ1) is 9.02. The summed E-state index contributed by atoms with van der Waals surface area (Å²) in [6, 6.07) is 5.42. The van der Waals surface area contributed by atoms with Crippen molar-refractivity contribution in [3.8, 4) is 0 Å². The van der Waals surface area contributed by atoms with Crippen LogP contribution in [-0.2, 0) is 0 Å². The van der Waals surface area contributed by atoms with Crippen LogP contribution < -0.4 is 11.1 Å². The first-order valence-corrected chi connectivity index (χ1v) is 7.29. The number of nitrogens with two attached hydrogens (primary N) is 1. The van der Waals surface area contributed by atoms with Crippen LogP contribution in [0.4, 0.5) is 10.1 Å². The maximum atomic E-state index is 13.8. The zero-order valence-electron chi connectivity index (χ0n) is 11.4. The van der Waals surface area contributed by atoms with Crippen molar-refractivity contribution in [2.75, 3.05) is 5.32 Å². The van der Waals surface area contributed by atoms with Crippen LogP contribution in [-0.4, -0.2) is 11.0 Å². The van der Waals surface area contributed by atoms with Gasteiger partial charge in [0.1, 0.15) is 10.8 Å². The van der Waals surface area contributed by atoms with E-state index in [-0.39, 0.29) is 10.8 Å². The van der Waals surface area contributed by atoms with Crippen LogP contribution in [0.5, 0.6) is 0 Å². The van der Waals surface area contributed by atoms with Crippen LogP contribution in [0.15, 0.2) is 18.2 Å². The molecule has 3 unspecified atom stereocenters. The molecule has 0 bridgehead atoms. The molecule has 1 aromatic rings. The van der Waals surface area contributed by atoms with Gasteiger partial charge in [0, 0.05) is 17.3 Å². The van der Waals surface area contributed by atoms with E-state index in [9.17, 15) is 4.39 Å². The minimum Gasteiger partial charge on any atom is -0.389 e. The molecular weight excluding hydrogens is 259 g/mol. The lowest BCUT2D eigenvalue weighted by Gasteiger charge is -2.22. The van der Waals surface area contributed by atoms with Gasteiger partial charge < -0.3 is 11.1 Å². The Balaban J connectivity index is 2.08. The smallest absolute Gasteiger partial charge is 0.135 e. The second-order valence-electron chi connectivity index (χ2n) is 5.41. The lowest BCUT2D eigenvalue weighted by Crippen LogP contribution is -2.24. The number of halogens is 1. The molecule has 0 heterocycles. The highest BCUT2D eigenvalue weighted by molar-refractivity contribution is 7.80. The topological polar surface area (TPSA) is 38.0 Å². The van der Waals surface area contributed by atoms with Gasteiger partial charge in [-0.15, -0.1) is 0 Å². The largest absolute Gasteiger partial charge is 0.389 e. The lowest BCUT2D eigenvalue weighted by molar-refractivity contribution is 0.392. The molecular formula is C15H21FN2S. The summed E-state index contributed by atoms with van der Waals surface area (Å²) in [5.41, 5.74) is 6.58. The second kappa shape index (κ2) is 5.87. The molecule has 19 heavy (non-hydrogen) atoms. The molecule has 1 aromatic carbocycles. The molecule has 0 radical (unpaired) electrons. The van der Waals surface area contributed by atoms with Gasteiger partial charge in [0.15, 0.2) is 0 Å². The van der Waals surface area contributed by atoms with Gasteiger partial charge in [-0.3, -0.25) is 0 Å². The molecule has 2 rings (SSSR count). The third-order valence-corrected chi connectivity index (χ3v) is 4.56. The summed E-state index contributed by atoms with van der Waals surface area (Å²) < 4.78 is 13.8. The summed E-state index contributed by atoms with van der Waals surface area (Å²) in [5.74, 6) is 1.05. The molecule has 1 aliphatic carbocycles. The van der Waals surface area contributed by atoms with Crippen LogP contribution in [0.2, 0.25) is 0 Å². The molecule has 1 aliphatic rings. The predicted molar refractivity (Wildman–Crippen MR) is 81.9 cm³/mol. The van der Waals surface area contributed by atoms with Crippen LogP contribution in [0.25, 0.3) is 0 Å². The minimum atomic E-state index is -0.352.